The van der Waals surface area contributed by atoms with Crippen LogP contribution in [0.2, 0.25) is 0 Å². The molecule has 0 aliphatic carbocycles. The van der Waals surface area contributed by atoms with Crippen LogP contribution in [0, 0.1) is 0 Å². The van der Waals surface area contributed by atoms with Gasteiger partial charge in [0.1, 0.15) is 11.5 Å². The zero-order valence-corrected chi connectivity index (χ0v) is 25.6. The molecule has 7 aromatic carbocycles. The summed E-state index contributed by atoms with van der Waals surface area (Å²) in [5, 5.41) is 2.37. The first-order chi connectivity index (χ1) is 23.3. The normalized spacial score (nSPS) is 11.6. The fourth-order valence-corrected chi connectivity index (χ4v) is 6.74. The van der Waals surface area contributed by atoms with Crippen LogP contribution in [0.1, 0.15) is 0 Å². The molecule has 1 aromatic heterocycles. The second kappa shape index (κ2) is 11.3. The van der Waals surface area contributed by atoms with E-state index < -0.39 is 0 Å². The SMILES string of the molecule is c1ccc(-c2cc(-c3ccccc3)nc(-c3ccc(-c4ccc(-c5ccc6c7c(cccc57)-c5ccccc5O6)cc4)cc3)c2)cc1. The molecule has 0 amide bonds. The number of benzene rings is 7. The third kappa shape index (κ3) is 4.88. The highest BCUT2D eigenvalue weighted by Gasteiger charge is 2.21. The first-order valence-corrected chi connectivity index (χ1v) is 16.0. The second-order valence-corrected chi connectivity index (χ2v) is 12.0. The number of nitrogens with zero attached hydrogens (tertiary/aromatic N) is 1. The van der Waals surface area contributed by atoms with E-state index in [4.69, 9.17) is 9.72 Å². The van der Waals surface area contributed by atoms with E-state index in [0.717, 1.165) is 45.1 Å². The standard InChI is InChI=1S/C45H29NO/c1-3-10-30(11-4-1)36-28-41(34-12-5-2-6-13-34)46-42(29-36)35-24-20-32(21-25-35)31-18-22-33(23-19-31)37-26-27-44-45-39(37)15-9-16-40(45)38-14-7-8-17-43(38)47-44/h1-29H. The Balaban J connectivity index is 1.04. The minimum Gasteiger partial charge on any atom is -0.456 e. The number of aromatic nitrogens is 1. The van der Waals surface area contributed by atoms with E-state index in [0.29, 0.717) is 0 Å². The van der Waals surface area contributed by atoms with E-state index >= 15 is 0 Å². The molecule has 1 aliphatic heterocycles. The molecule has 0 fully saturated rings. The Morgan fingerprint density at radius 3 is 1.55 bits per heavy atom. The number of para-hydroxylation sites is 1. The van der Waals surface area contributed by atoms with Crippen molar-refractivity contribution in [3.63, 3.8) is 0 Å². The maximum atomic E-state index is 6.31. The van der Waals surface area contributed by atoms with Crippen molar-refractivity contribution in [3.8, 4) is 78.5 Å². The minimum absolute atomic E-state index is 0.909. The minimum atomic E-state index is 0.909. The van der Waals surface area contributed by atoms with E-state index in [1.807, 2.05) is 18.2 Å². The molecule has 0 spiro atoms. The van der Waals surface area contributed by atoms with Gasteiger partial charge in [-0.05, 0) is 68.6 Å². The Hall–Kier alpha value is -6.25. The lowest BCUT2D eigenvalue weighted by Crippen LogP contribution is -1.97. The van der Waals surface area contributed by atoms with Gasteiger partial charge in [0.05, 0.1) is 11.4 Å². The maximum absolute atomic E-state index is 6.31. The molecule has 0 atom stereocenters. The Labute approximate surface area is 274 Å². The van der Waals surface area contributed by atoms with Crippen LogP contribution in [-0.2, 0) is 0 Å². The smallest absolute Gasteiger partial charge is 0.135 e. The number of rotatable bonds is 5. The van der Waals surface area contributed by atoms with Crippen molar-refractivity contribution in [1.29, 1.82) is 0 Å². The van der Waals surface area contributed by atoms with Crippen molar-refractivity contribution in [2.24, 2.45) is 0 Å². The van der Waals surface area contributed by atoms with Crippen LogP contribution in [0.4, 0.5) is 0 Å². The highest BCUT2D eigenvalue weighted by atomic mass is 16.5. The van der Waals surface area contributed by atoms with Crippen molar-refractivity contribution < 1.29 is 4.74 Å². The number of ether oxygens (including phenoxy) is 1. The molecule has 2 heteroatoms. The van der Waals surface area contributed by atoms with Gasteiger partial charge in [0.25, 0.3) is 0 Å². The van der Waals surface area contributed by atoms with Crippen LogP contribution in [0.15, 0.2) is 176 Å². The Morgan fingerprint density at radius 2 is 0.851 bits per heavy atom. The van der Waals surface area contributed by atoms with Gasteiger partial charge in [0.15, 0.2) is 0 Å². The third-order valence-electron chi connectivity index (χ3n) is 9.11. The van der Waals surface area contributed by atoms with Crippen LogP contribution in [0.5, 0.6) is 11.5 Å². The first-order valence-electron chi connectivity index (χ1n) is 16.0. The van der Waals surface area contributed by atoms with Crippen molar-refractivity contribution in [1.82, 2.24) is 4.98 Å². The van der Waals surface area contributed by atoms with Gasteiger partial charge < -0.3 is 4.74 Å². The van der Waals surface area contributed by atoms with Crippen LogP contribution in [-0.4, -0.2) is 4.98 Å². The van der Waals surface area contributed by atoms with Gasteiger partial charge in [-0.3, -0.25) is 0 Å². The zero-order chi connectivity index (χ0) is 31.2. The second-order valence-electron chi connectivity index (χ2n) is 12.0. The van der Waals surface area contributed by atoms with Crippen LogP contribution >= 0.6 is 0 Å². The summed E-state index contributed by atoms with van der Waals surface area (Å²) >= 11 is 0. The molecule has 0 unspecified atom stereocenters. The molecule has 2 heterocycles. The zero-order valence-electron chi connectivity index (χ0n) is 25.6. The molecule has 0 N–H and O–H groups in total. The first kappa shape index (κ1) is 27.1. The summed E-state index contributed by atoms with van der Waals surface area (Å²) in [6.45, 7) is 0. The van der Waals surface area contributed by atoms with E-state index in [2.05, 4.69) is 158 Å². The van der Waals surface area contributed by atoms with Gasteiger partial charge in [-0.15, -0.1) is 0 Å². The predicted molar refractivity (Wildman–Crippen MR) is 194 cm³/mol. The fourth-order valence-electron chi connectivity index (χ4n) is 6.74. The van der Waals surface area contributed by atoms with Crippen molar-refractivity contribution >= 4 is 10.8 Å². The highest BCUT2D eigenvalue weighted by Crippen LogP contribution is 2.48. The lowest BCUT2D eigenvalue weighted by atomic mass is 9.90. The summed E-state index contributed by atoms with van der Waals surface area (Å²) in [5.41, 5.74) is 13.6. The molecule has 2 nitrogen and oxygen atoms in total. The molecule has 220 valence electrons. The van der Waals surface area contributed by atoms with E-state index in [-0.39, 0.29) is 0 Å². The summed E-state index contributed by atoms with van der Waals surface area (Å²) in [6, 6.07) is 62.0. The van der Waals surface area contributed by atoms with Crippen molar-refractivity contribution in [2.45, 2.75) is 0 Å². The summed E-state index contributed by atoms with van der Waals surface area (Å²) in [7, 11) is 0. The van der Waals surface area contributed by atoms with Gasteiger partial charge in [0.2, 0.25) is 0 Å². The lowest BCUT2D eigenvalue weighted by Gasteiger charge is -2.22. The van der Waals surface area contributed by atoms with Crippen LogP contribution < -0.4 is 4.74 Å². The number of hydrogen-bond acceptors (Lipinski definition) is 2. The van der Waals surface area contributed by atoms with Gasteiger partial charge >= 0.3 is 0 Å². The molecule has 1 aliphatic rings. The number of pyridine rings is 1. The molecule has 9 rings (SSSR count). The largest absolute Gasteiger partial charge is 0.456 e. The van der Waals surface area contributed by atoms with E-state index in [1.165, 1.54) is 44.2 Å². The third-order valence-corrected chi connectivity index (χ3v) is 9.11. The Kier molecular flexibility index (Phi) is 6.50. The summed E-state index contributed by atoms with van der Waals surface area (Å²) in [5.74, 6) is 1.82. The maximum Gasteiger partial charge on any atom is 0.135 e. The molecule has 8 aromatic rings. The number of hydrogen-bond donors (Lipinski definition) is 0. The lowest BCUT2D eigenvalue weighted by molar-refractivity contribution is 0.487. The Morgan fingerprint density at radius 1 is 0.319 bits per heavy atom. The Bertz CT molecular complexity index is 2340. The topological polar surface area (TPSA) is 22.1 Å². The molecule has 0 saturated heterocycles. The summed E-state index contributed by atoms with van der Waals surface area (Å²) in [6.07, 6.45) is 0. The molecule has 0 radical (unpaired) electrons. The predicted octanol–water partition coefficient (Wildman–Crippen LogP) is 12.3. The van der Waals surface area contributed by atoms with E-state index in [1.54, 1.807) is 0 Å². The fraction of sp³-hybridized carbons (Fsp3) is 0. The van der Waals surface area contributed by atoms with Crippen molar-refractivity contribution in [3.05, 3.63) is 176 Å². The molecular formula is C45H29NO. The van der Waals surface area contributed by atoms with Crippen LogP contribution in [0.3, 0.4) is 0 Å². The van der Waals surface area contributed by atoms with Gasteiger partial charge in [-0.1, -0.05) is 152 Å². The monoisotopic (exact) mass is 599 g/mol. The highest BCUT2D eigenvalue weighted by molar-refractivity contribution is 6.09. The molecule has 0 bridgehead atoms. The average molecular weight is 600 g/mol. The van der Waals surface area contributed by atoms with Gasteiger partial charge in [-0.2, -0.15) is 0 Å². The summed E-state index contributed by atoms with van der Waals surface area (Å²) in [4.78, 5) is 5.10. The quantitative estimate of drug-likeness (QED) is 0.196. The number of fused-ring (bicyclic) bond motifs is 2. The van der Waals surface area contributed by atoms with Crippen molar-refractivity contribution in [2.75, 3.05) is 0 Å². The van der Waals surface area contributed by atoms with E-state index in [9.17, 15) is 0 Å². The molecular weight excluding hydrogens is 571 g/mol. The van der Waals surface area contributed by atoms with Gasteiger partial charge in [-0.25, -0.2) is 4.98 Å². The average Bonchev–Trinajstić information content (AvgIpc) is 3.16. The van der Waals surface area contributed by atoms with Crippen LogP contribution in [0.25, 0.3) is 77.8 Å². The van der Waals surface area contributed by atoms with Gasteiger partial charge in [0, 0.05) is 22.1 Å². The summed E-state index contributed by atoms with van der Waals surface area (Å²) < 4.78 is 6.31. The molecule has 47 heavy (non-hydrogen) atoms. The molecule has 0 saturated carbocycles.